The van der Waals surface area contributed by atoms with E-state index >= 15 is 0 Å². The number of carbonyl (C=O) groups excluding carboxylic acids is 1. The van der Waals surface area contributed by atoms with Crippen LogP contribution >= 0.6 is 11.8 Å². The number of amides is 1. The topological polar surface area (TPSA) is 54.3 Å². The van der Waals surface area contributed by atoms with Gasteiger partial charge in [0.05, 0.1) is 11.3 Å². The fourth-order valence-electron chi connectivity index (χ4n) is 4.06. The summed E-state index contributed by atoms with van der Waals surface area (Å²) in [5, 5.41) is 9.14. The number of benzene rings is 3. The molecule has 0 aliphatic carbocycles. The maximum absolute atomic E-state index is 14.5. The molecule has 0 atom stereocenters. The molecule has 1 saturated heterocycles. The van der Waals surface area contributed by atoms with Gasteiger partial charge in [-0.1, -0.05) is 60.3 Å². The van der Waals surface area contributed by atoms with Gasteiger partial charge in [0.15, 0.2) is 11.0 Å². The Bertz CT molecular complexity index is 1260. The summed E-state index contributed by atoms with van der Waals surface area (Å²) in [6.07, 6.45) is 0. The van der Waals surface area contributed by atoms with Gasteiger partial charge in [-0.15, -0.1) is 10.2 Å². The number of nitrogens with zero attached hydrogens (tertiary/aromatic N) is 5. The molecule has 0 unspecified atom stereocenters. The molecule has 1 aliphatic heterocycles. The SMILES string of the molecule is O=C(CSc1nnc(-c2ccccc2F)n1-c1ccccc1)N1CCN(c2ccccc2)CC1. The highest BCUT2D eigenvalue weighted by Gasteiger charge is 2.23. The van der Waals surface area contributed by atoms with Gasteiger partial charge in [0.2, 0.25) is 5.91 Å². The van der Waals surface area contributed by atoms with Gasteiger partial charge in [0.1, 0.15) is 5.82 Å². The molecule has 0 bridgehead atoms. The van der Waals surface area contributed by atoms with Gasteiger partial charge in [-0.3, -0.25) is 9.36 Å². The zero-order chi connectivity index (χ0) is 23.3. The number of thioether (sulfide) groups is 1. The van der Waals surface area contributed by atoms with Gasteiger partial charge in [-0.25, -0.2) is 4.39 Å². The summed E-state index contributed by atoms with van der Waals surface area (Å²) >= 11 is 1.32. The lowest BCUT2D eigenvalue weighted by Gasteiger charge is -2.36. The van der Waals surface area contributed by atoms with E-state index < -0.39 is 0 Å². The van der Waals surface area contributed by atoms with Crippen LogP contribution in [0, 0.1) is 5.82 Å². The van der Waals surface area contributed by atoms with Crippen LogP contribution < -0.4 is 4.90 Å². The van der Waals surface area contributed by atoms with Crippen LogP contribution in [-0.2, 0) is 4.79 Å². The minimum atomic E-state index is -0.365. The molecule has 2 heterocycles. The quantitative estimate of drug-likeness (QED) is 0.386. The molecule has 3 aromatic carbocycles. The first-order chi connectivity index (χ1) is 16.7. The van der Waals surface area contributed by atoms with Gasteiger partial charge in [-0.2, -0.15) is 0 Å². The Morgan fingerprint density at radius 2 is 1.41 bits per heavy atom. The summed E-state index contributed by atoms with van der Waals surface area (Å²) in [5.41, 5.74) is 2.37. The molecule has 0 saturated carbocycles. The van der Waals surface area contributed by atoms with Crippen LogP contribution in [0.5, 0.6) is 0 Å². The first-order valence-electron chi connectivity index (χ1n) is 11.2. The number of anilines is 1. The number of hydrogen-bond donors (Lipinski definition) is 0. The number of hydrogen-bond acceptors (Lipinski definition) is 5. The zero-order valence-corrected chi connectivity index (χ0v) is 19.4. The van der Waals surface area contributed by atoms with Crippen molar-refractivity contribution in [1.82, 2.24) is 19.7 Å². The maximum Gasteiger partial charge on any atom is 0.233 e. The molecule has 1 aromatic heterocycles. The summed E-state index contributed by atoms with van der Waals surface area (Å²) in [7, 11) is 0. The van der Waals surface area contributed by atoms with Crippen molar-refractivity contribution in [2.75, 3.05) is 36.8 Å². The van der Waals surface area contributed by atoms with Gasteiger partial charge < -0.3 is 9.80 Å². The lowest BCUT2D eigenvalue weighted by Crippen LogP contribution is -2.49. The Kier molecular flexibility index (Phi) is 6.58. The molecule has 5 rings (SSSR count). The summed E-state index contributed by atoms with van der Waals surface area (Å²) in [4.78, 5) is 17.2. The zero-order valence-electron chi connectivity index (χ0n) is 18.5. The number of rotatable bonds is 6. The Labute approximate surface area is 202 Å². The molecular formula is C26H24FN5OS. The van der Waals surface area contributed by atoms with Crippen molar-refractivity contribution in [3.8, 4) is 17.1 Å². The summed E-state index contributed by atoms with van der Waals surface area (Å²) in [6, 6.07) is 26.3. The van der Waals surface area contributed by atoms with E-state index in [1.165, 1.54) is 23.5 Å². The van der Waals surface area contributed by atoms with Crippen molar-refractivity contribution in [2.45, 2.75) is 5.16 Å². The summed E-state index contributed by atoms with van der Waals surface area (Å²) < 4.78 is 16.3. The Hall–Kier alpha value is -3.65. The van der Waals surface area contributed by atoms with E-state index in [-0.39, 0.29) is 17.5 Å². The highest BCUT2D eigenvalue weighted by atomic mass is 32.2. The molecule has 6 nitrogen and oxygen atoms in total. The smallest absolute Gasteiger partial charge is 0.233 e. The maximum atomic E-state index is 14.5. The molecule has 1 aliphatic rings. The molecule has 0 N–H and O–H groups in total. The fraction of sp³-hybridized carbons (Fsp3) is 0.192. The molecular weight excluding hydrogens is 449 g/mol. The van der Waals surface area contributed by atoms with Crippen molar-refractivity contribution < 1.29 is 9.18 Å². The van der Waals surface area contributed by atoms with Crippen LogP contribution in [0.15, 0.2) is 90.1 Å². The molecule has 1 amide bonds. The Balaban J connectivity index is 1.30. The predicted molar refractivity (Wildman–Crippen MR) is 133 cm³/mol. The third kappa shape index (κ3) is 4.68. The van der Waals surface area contributed by atoms with E-state index in [1.54, 1.807) is 18.2 Å². The van der Waals surface area contributed by atoms with Gasteiger partial charge in [0, 0.05) is 37.6 Å². The number of piperazine rings is 1. The number of halogens is 1. The molecule has 8 heteroatoms. The Morgan fingerprint density at radius 1 is 0.794 bits per heavy atom. The Morgan fingerprint density at radius 3 is 2.09 bits per heavy atom. The van der Waals surface area contributed by atoms with Gasteiger partial charge in [-0.05, 0) is 36.4 Å². The van der Waals surface area contributed by atoms with Crippen molar-refractivity contribution in [3.63, 3.8) is 0 Å². The molecule has 0 radical (unpaired) electrons. The lowest BCUT2D eigenvalue weighted by atomic mass is 10.2. The second-order valence-corrected chi connectivity index (χ2v) is 8.89. The highest BCUT2D eigenvalue weighted by Crippen LogP contribution is 2.29. The molecule has 34 heavy (non-hydrogen) atoms. The average Bonchev–Trinajstić information content (AvgIpc) is 3.32. The highest BCUT2D eigenvalue weighted by molar-refractivity contribution is 7.99. The minimum absolute atomic E-state index is 0.0627. The number of aromatic nitrogens is 3. The number of para-hydroxylation sites is 2. The van der Waals surface area contributed by atoms with Gasteiger partial charge >= 0.3 is 0 Å². The van der Waals surface area contributed by atoms with Crippen molar-refractivity contribution in [2.24, 2.45) is 0 Å². The second kappa shape index (κ2) is 10.1. The van der Waals surface area contributed by atoms with E-state index in [4.69, 9.17) is 0 Å². The second-order valence-electron chi connectivity index (χ2n) is 7.95. The standard InChI is InChI=1S/C26H24FN5OS/c27-23-14-8-7-13-22(23)25-28-29-26(32(25)21-11-5-2-6-12-21)34-19-24(33)31-17-15-30(16-18-31)20-9-3-1-4-10-20/h1-14H,15-19H2. The van der Waals surface area contributed by atoms with E-state index in [0.717, 1.165) is 18.8 Å². The molecule has 0 spiro atoms. The van der Waals surface area contributed by atoms with Crippen LogP contribution in [0.1, 0.15) is 0 Å². The van der Waals surface area contributed by atoms with Crippen molar-refractivity contribution >= 4 is 23.4 Å². The summed E-state index contributed by atoms with van der Waals surface area (Å²) in [5.74, 6) is 0.354. The fourth-order valence-corrected chi connectivity index (χ4v) is 4.92. The normalized spacial score (nSPS) is 13.8. The number of carbonyl (C=O) groups is 1. The van der Waals surface area contributed by atoms with Crippen LogP contribution in [0.4, 0.5) is 10.1 Å². The molecule has 172 valence electrons. The van der Waals surface area contributed by atoms with Crippen LogP contribution in [0.25, 0.3) is 17.1 Å². The van der Waals surface area contributed by atoms with Crippen LogP contribution in [-0.4, -0.2) is 57.5 Å². The lowest BCUT2D eigenvalue weighted by molar-refractivity contribution is -0.128. The minimum Gasteiger partial charge on any atom is -0.368 e. The first-order valence-corrected chi connectivity index (χ1v) is 12.2. The first kappa shape index (κ1) is 22.2. The van der Waals surface area contributed by atoms with Crippen molar-refractivity contribution in [1.29, 1.82) is 0 Å². The van der Waals surface area contributed by atoms with Crippen LogP contribution in [0.3, 0.4) is 0 Å². The van der Waals surface area contributed by atoms with E-state index in [0.29, 0.717) is 29.6 Å². The van der Waals surface area contributed by atoms with E-state index in [2.05, 4.69) is 27.2 Å². The van der Waals surface area contributed by atoms with Gasteiger partial charge in [0.25, 0.3) is 0 Å². The largest absolute Gasteiger partial charge is 0.368 e. The summed E-state index contributed by atoms with van der Waals surface area (Å²) in [6.45, 7) is 2.97. The van der Waals surface area contributed by atoms with E-state index in [1.807, 2.05) is 58.0 Å². The predicted octanol–water partition coefficient (Wildman–Crippen LogP) is 4.51. The van der Waals surface area contributed by atoms with Crippen molar-refractivity contribution in [3.05, 3.63) is 90.7 Å². The third-order valence-electron chi connectivity index (χ3n) is 5.84. The average molecular weight is 474 g/mol. The van der Waals surface area contributed by atoms with E-state index in [9.17, 15) is 9.18 Å². The molecule has 4 aromatic rings. The van der Waals surface area contributed by atoms with Crippen LogP contribution in [0.2, 0.25) is 0 Å². The third-order valence-corrected chi connectivity index (χ3v) is 6.75. The molecule has 1 fully saturated rings. The monoisotopic (exact) mass is 473 g/mol.